The summed E-state index contributed by atoms with van der Waals surface area (Å²) in [5.74, 6) is -0.121. The summed E-state index contributed by atoms with van der Waals surface area (Å²) in [6.45, 7) is 11.0. The molecule has 1 unspecified atom stereocenters. The summed E-state index contributed by atoms with van der Waals surface area (Å²) in [6.07, 6.45) is 15.4. The van der Waals surface area contributed by atoms with Gasteiger partial charge in [-0.05, 0) is 32.9 Å². The summed E-state index contributed by atoms with van der Waals surface area (Å²) >= 11 is 0. The summed E-state index contributed by atoms with van der Waals surface area (Å²) in [6, 6.07) is 0. The third kappa shape index (κ3) is 11.8. The molecule has 0 rings (SSSR count). The first-order valence-electron chi connectivity index (χ1n) is 10.9. The quantitative estimate of drug-likeness (QED) is 0.168. The van der Waals surface area contributed by atoms with Crippen LogP contribution in [0.4, 0.5) is 0 Å². The molecule has 150 valence electrons. The molecular weight excluding hydrogens is 328 g/mol. The number of unbranched alkanes of at least 4 members (excludes halogenated alkanes) is 9. The lowest BCUT2D eigenvalue weighted by molar-refractivity contribution is -0.164. The number of carbonyl (C=O) groups excluding carboxylic acids is 1. The maximum atomic E-state index is 12.6. The van der Waals surface area contributed by atoms with Crippen LogP contribution < -0.4 is 0 Å². The highest BCUT2D eigenvalue weighted by Gasteiger charge is 2.40. The Bertz CT molecular complexity index is 320. The van der Waals surface area contributed by atoms with E-state index in [0.29, 0.717) is 6.61 Å². The molecule has 25 heavy (non-hydrogen) atoms. The fourth-order valence-electron chi connectivity index (χ4n) is 3.39. The van der Waals surface area contributed by atoms with E-state index in [2.05, 4.69) is 26.9 Å². The molecule has 0 aromatic carbocycles. The Morgan fingerprint density at radius 3 is 1.72 bits per heavy atom. The number of rotatable bonds is 17. The maximum absolute atomic E-state index is 12.6. The van der Waals surface area contributed by atoms with Crippen LogP contribution in [0.1, 0.15) is 104 Å². The number of hydrogen-bond donors (Lipinski definition) is 0. The van der Waals surface area contributed by atoms with Crippen molar-refractivity contribution in [2.24, 2.45) is 0 Å². The van der Waals surface area contributed by atoms with Gasteiger partial charge in [0, 0.05) is 0 Å². The van der Waals surface area contributed by atoms with E-state index < -0.39 is 14.6 Å². The lowest BCUT2D eigenvalue weighted by Crippen LogP contribution is -2.46. The molecule has 0 amide bonds. The third-order valence-corrected chi connectivity index (χ3v) is 5.65. The van der Waals surface area contributed by atoms with Gasteiger partial charge >= 0.3 is 5.97 Å². The highest BCUT2D eigenvalue weighted by molar-refractivity contribution is 6.48. The zero-order chi connectivity index (χ0) is 19.0. The molecule has 0 saturated carbocycles. The van der Waals surface area contributed by atoms with Gasteiger partial charge in [-0.3, -0.25) is 0 Å². The van der Waals surface area contributed by atoms with Crippen LogP contribution in [0.2, 0.25) is 13.1 Å². The van der Waals surface area contributed by atoms with Crippen LogP contribution in [0.3, 0.4) is 0 Å². The van der Waals surface area contributed by atoms with Crippen molar-refractivity contribution in [3.05, 3.63) is 0 Å². The van der Waals surface area contributed by atoms with Gasteiger partial charge in [0.25, 0.3) is 0 Å². The van der Waals surface area contributed by atoms with Crippen molar-refractivity contribution in [1.29, 1.82) is 0 Å². The predicted octanol–water partition coefficient (Wildman–Crippen LogP) is 6.40. The Balaban J connectivity index is 4.38. The fraction of sp³-hybridized carbons (Fsp3) is 0.952. The van der Waals surface area contributed by atoms with E-state index in [9.17, 15) is 4.79 Å². The SMILES string of the molecule is CCCCCCCCCCCC(CCCC)(O[SiH](C)C)C(=O)OCC. The van der Waals surface area contributed by atoms with Crippen LogP contribution in [0, 0.1) is 0 Å². The van der Waals surface area contributed by atoms with Gasteiger partial charge in [0.2, 0.25) is 0 Å². The van der Waals surface area contributed by atoms with Crippen molar-refractivity contribution in [2.45, 2.75) is 123 Å². The van der Waals surface area contributed by atoms with Crippen LogP contribution >= 0.6 is 0 Å². The molecule has 0 aromatic rings. The molecule has 0 aliphatic carbocycles. The second-order valence-corrected chi connectivity index (χ2v) is 9.90. The third-order valence-electron chi connectivity index (χ3n) is 4.73. The first kappa shape index (κ1) is 24.6. The Hall–Kier alpha value is -0.353. The molecule has 0 saturated heterocycles. The summed E-state index contributed by atoms with van der Waals surface area (Å²) in [7, 11) is -1.30. The van der Waals surface area contributed by atoms with Gasteiger partial charge in [-0.15, -0.1) is 0 Å². The topological polar surface area (TPSA) is 35.5 Å². The number of hydrogen-bond acceptors (Lipinski definition) is 3. The van der Waals surface area contributed by atoms with Crippen molar-refractivity contribution < 1.29 is 14.0 Å². The lowest BCUT2D eigenvalue weighted by Gasteiger charge is -2.34. The molecule has 0 N–H and O–H groups in total. The molecule has 0 aromatic heterocycles. The van der Waals surface area contributed by atoms with Gasteiger partial charge in [0.1, 0.15) is 0 Å². The van der Waals surface area contributed by atoms with E-state index in [-0.39, 0.29) is 5.97 Å². The van der Waals surface area contributed by atoms with Crippen LogP contribution in [0.5, 0.6) is 0 Å². The zero-order valence-corrected chi connectivity index (χ0v) is 18.9. The Kier molecular flexibility index (Phi) is 15.6. The molecule has 1 atom stereocenters. The molecule has 0 radical (unpaired) electrons. The standard InChI is InChI=1S/C21H44O3Si/c1-6-9-11-12-13-14-15-16-17-19-21(18-10-7-2,24-25(4)5)20(22)23-8-3/h25H,6-19H2,1-5H3. The number of esters is 1. The van der Waals surface area contributed by atoms with Crippen molar-refractivity contribution in [2.75, 3.05) is 6.61 Å². The number of ether oxygens (including phenoxy) is 1. The van der Waals surface area contributed by atoms with E-state index in [1.165, 1.54) is 51.4 Å². The maximum Gasteiger partial charge on any atom is 0.337 e. The summed E-state index contributed by atoms with van der Waals surface area (Å²) in [5, 5.41) is 0. The Morgan fingerprint density at radius 2 is 1.24 bits per heavy atom. The van der Waals surface area contributed by atoms with Crippen molar-refractivity contribution in [3.8, 4) is 0 Å². The van der Waals surface area contributed by atoms with Crippen LogP contribution in [0.15, 0.2) is 0 Å². The smallest absolute Gasteiger partial charge is 0.337 e. The van der Waals surface area contributed by atoms with Gasteiger partial charge < -0.3 is 9.16 Å². The monoisotopic (exact) mass is 372 g/mol. The van der Waals surface area contributed by atoms with Gasteiger partial charge in [-0.25, -0.2) is 4.79 Å². The number of carbonyl (C=O) groups is 1. The molecular formula is C21H44O3Si. The largest absolute Gasteiger partial charge is 0.464 e. The fourth-order valence-corrected chi connectivity index (χ4v) is 4.63. The minimum Gasteiger partial charge on any atom is -0.464 e. The van der Waals surface area contributed by atoms with Crippen molar-refractivity contribution >= 4 is 15.0 Å². The van der Waals surface area contributed by atoms with E-state index in [4.69, 9.17) is 9.16 Å². The van der Waals surface area contributed by atoms with Crippen LogP contribution in [-0.4, -0.2) is 27.2 Å². The molecule has 0 fully saturated rings. The normalized spacial score (nSPS) is 13.8. The Morgan fingerprint density at radius 1 is 0.760 bits per heavy atom. The average molecular weight is 373 g/mol. The molecule has 3 nitrogen and oxygen atoms in total. The molecule has 0 aliphatic heterocycles. The highest BCUT2D eigenvalue weighted by atomic mass is 28.3. The molecule has 0 bridgehead atoms. The second-order valence-electron chi connectivity index (χ2n) is 7.56. The van der Waals surface area contributed by atoms with E-state index >= 15 is 0 Å². The molecule has 0 spiro atoms. The van der Waals surface area contributed by atoms with E-state index in [1.54, 1.807) is 0 Å². The van der Waals surface area contributed by atoms with Crippen molar-refractivity contribution in [3.63, 3.8) is 0 Å². The minimum absolute atomic E-state index is 0.121. The van der Waals surface area contributed by atoms with Crippen molar-refractivity contribution in [1.82, 2.24) is 0 Å². The van der Waals surface area contributed by atoms with Gasteiger partial charge in [-0.2, -0.15) is 0 Å². The minimum atomic E-state index is -1.30. The van der Waals surface area contributed by atoms with Gasteiger partial charge in [0.05, 0.1) is 6.61 Å². The lowest BCUT2D eigenvalue weighted by atomic mass is 9.90. The van der Waals surface area contributed by atoms with Gasteiger partial charge in [-0.1, -0.05) is 84.5 Å². The highest BCUT2D eigenvalue weighted by Crippen LogP contribution is 2.29. The summed E-state index contributed by atoms with van der Waals surface area (Å²) < 4.78 is 11.7. The van der Waals surface area contributed by atoms with Gasteiger partial charge in [0.15, 0.2) is 14.6 Å². The first-order chi connectivity index (χ1) is 12.0. The van der Waals surface area contributed by atoms with Crippen LogP contribution in [-0.2, 0) is 14.0 Å². The first-order valence-corrected chi connectivity index (χ1v) is 13.7. The predicted molar refractivity (Wildman–Crippen MR) is 111 cm³/mol. The molecule has 4 heteroatoms. The summed E-state index contributed by atoms with van der Waals surface area (Å²) in [4.78, 5) is 12.6. The average Bonchev–Trinajstić information content (AvgIpc) is 2.57. The second kappa shape index (κ2) is 15.9. The van der Waals surface area contributed by atoms with Crippen LogP contribution in [0.25, 0.3) is 0 Å². The van der Waals surface area contributed by atoms with E-state index in [0.717, 1.165) is 32.1 Å². The molecule has 0 heterocycles. The zero-order valence-electron chi connectivity index (χ0n) is 17.7. The summed E-state index contributed by atoms with van der Waals surface area (Å²) in [5.41, 5.74) is -0.673. The van der Waals surface area contributed by atoms with E-state index in [1.807, 2.05) is 6.92 Å². The molecule has 0 aliphatic rings. The Labute approximate surface area is 159 Å².